The fraction of sp³-hybridized carbons (Fsp3) is 0.486. The molecular weight excluding hydrogens is 586 g/mol. The number of ketones is 1. The van der Waals surface area contributed by atoms with Crippen molar-refractivity contribution in [3.63, 3.8) is 0 Å². The van der Waals surface area contributed by atoms with Crippen LogP contribution >= 0.6 is 0 Å². The molecule has 0 bridgehead atoms. The summed E-state index contributed by atoms with van der Waals surface area (Å²) in [7, 11) is 0. The summed E-state index contributed by atoms with van der Waals surface area (Å²) in [4.78, 5) is 79.0. The molecule has 1 heterocycles. The fourth-order valence-corrected chi connectivity index (χ4v) is 6.22. The number of amides is 5. The van der Waals surface area contributed by atoms with Crippen LogP contribution in [-0.4, -0.2) is 66.0 Å². The highest BCUT2D eigenvalue weighted by atomic mass is 16.2. The van der Waals surface area contributed by atoms with Crippen LogP contribution in [0.15, 0.2) is 54.6 Å². The summed E-state index contributed by atoms with van der Waals surface area (Å²) in [5, 5.41) is 13.8. The highest BCUT2D eigenvalue weighted by Crippen LogP contribution is 2.27. The lowest BCUT2D eigenvalue weighted by Crippen LogP contribution is -2.57. The van der Waals surface area contributed by atoms with Gasteiger partial charge in [0.05, 0.1) is 6.04 Å². The third kappa shape index (κ3) is 8.58. The Morgan fingerprint density at radius 2 is 1.43 bits per heavy atom. The van der Waals surface area contributed by atoms with Gasteiger partial charge >= 0.3 is 0 Å². The second-order valence-electron chi connectivity index (χ2n) is 12.7. The molecule has 1 saturated carbocycles. The van der Waals surface area contributed by atoms with E-state index < -0.39 is 47.5 Å². The van der Waals surface area contributed by atoms with Crippen LogP contribution in [0.25, 0.3) is 0 Å². The molecule has 0 radical (unpaired) electrons. The lowest BCUT2D eigenvalue weighted by atomic mass is 9.95. The molecule has 244 valence electrons. The predicted octanol–water partition coefficient (Wildman–Crippen LogP) is 1.27. The Balaban J connectivity index is 1.28. The van der Waals surface area contributed by atoms with E-state index in [1.54, 1.807) is 0 Å². The molecule has 1 aliphatic heterocycles. The van der Waals surface area contributed by atoms with Gasteiger partial charge in [0.25, 0.3) is 5.91 Å². The summed E-state index contributed by atoms with van der Waals surface area (Å²) in [5.74, 6) is -4.03. The molecule has 11 heteroatoms. The second-order valence-corrected chi connectivity index (χ2v) is 12.7. The average molecular weight is 630 g/mol. The first kappa shape index (κ1) is 32.8. The van der Waals surface area contributed by atoms with Crippen LogP contribution in [-0.2, 0) is 48.0 Å². The van der Waals surface area contributed by atoms with Crippen LogP contribution < -0.4 is 26.6 Å². The average Bonchev–Trinajstić information content (AvgIpc) is 3.60. The van der Waals surface area contributed by atoms with Crippen LogP contribution in [0.5, 0.6) is 0 Å². The lowest BCUT2D eigenvalue weighted by Gasteiger charge is -2.26. The zero-order valence-electron chi connectivity index (χ0n) is 26.2. The van der Waals surface area contributed by atoms with Crippen molar-refractivity contribution in [3.8, 4) is 0 Å². The smallest absolute Gasteiger partial charge is 0.289 e. The number of carbonyl (C=O) groups is 6. The van der Waals surface area contributed by atoms with Gasteiger partial charge in [0, 0.05) is 30.8 Å². The normalized spacial score (nSPS) is 19.2. The van der Waals surface area contributed by atoms with Crippen LogP contribution in [0.2, 0.25) is 0 Å². The van der Waals surface area contributed by atoms with E-state index in [1.807, 2.05) is 61.5 Å². The number of benzene rings is 2. The van der Waals surface area contributed by atoms with Crippen molar-refractivity contribution in [2.45, 2.75) is 88.9 Å². The SMILES string of the molecule is CCC[C@H](NC(=O)[C@@H](Cc1ccccc1)NC(=O)C1Cc2ccccc2C1)C(=O)N[C@@H](C[C@@H]1CCNC1=O)C(=O)C(=O)NC1CC1. The Hall–Kier alpha value is -4.54. The molecule has 0 spiro atoms. The molecule has 5 rings (SSSR count). The van der Waals surface area contributed by atoms with E-state index in [1.165, 1.54) is 0 Å². The summed E-state index contributed by atoms with van der Waals surface area (Å²) < 4.78 is 0. The third-order valence-electron chi connectivity index (χ3n) is 9.00. The van der Waals surface area contributed by atoms with Gasteiger partial charge in [0.15, 0.2) is 0 Å². The highest BCUT2D eigenvalue weighted by molar-refractivity contribution is 6.38. The van der Waals surface area contributed by atoms with Crippen molar-refractivity contribution in [1.29, 1.82) is 0 Å². The van der Waals surface area contributed by atoms with Crippen LogP contribution in [0.3, 0.4) is 0 Å². The minimum Gasteiger partial charge on any atom is -0.356 e. The van der Waals surface area contributed by atoms with Gasteiger partial charge in [-0.15, -0.1) is 0 Å². The molecule has 5 amide bonds. The number of carbonyl (C=O) groups excluding carboxylic acids is 6. The van der Waals surface area contributed by atoms with Gasteiger partial charge in [-0.2, -0.15) is 0 Å². The molecule has 3 aliphatic rings. The van der Waals surface area contributed by atoms with E-state index in [-0.39, 0.29) is 43.0 Å². The summed E-state index contributed by atoms with van der Waals surface area (Å²) in [6.45, 7) is 2.32. The molecular formula is C35H43N5O6. The van der Waals surface area contributed by atoms with E-state index >= 15 is 0 Å². The van der Waals surface area contributed by atoms with Crippen molar-refractivity contribution < 1.29 is 28.8 Å². The van der Waals surface area contributed by atoms with Crippen LogP contribution in [0.1, 0.15) is 62.1 Å². The first-order valence-electron chi connectivity index (χ1n) is 16.4. The van der Waals surface area contributed by atoms with Gasteiger partial charge in [-0.3, -0.25) is 28.8 Å². The highest BCUT2D eigenvalue weighted by Gasteiger charge is 2.38. The Bertz CT molecular complexity index is 1430. The Labute approximate surface area is 269 Å². The number of hydrogen-bond acceptors (Lipinski definition) is 6. The largest absolute Gasteiger partial charge is 0.356 e. The first-order chi connectivity index (χ1) is 22.2. The van der Waals surface area contributed by atoms with Crippen molar-refractivity contribution >= 4 is 35.3 Å². The maximum Gasteiger partial charge on any atom is 0.289 e. The molecule has 5 N–H and O–H groups in total. The molecule has 0 unspecified atom stereocenters. The maximum absolute atomic E-state index is 13.8. The van der Waals surface area contributed by atoms with Crippen molar-refractivity contribution in [2.24, 2.45) is 11.8 Å². The molecule has 2 fully saturated rings. The summed E-state index contributed by atoms with van der Waals surface area (Å²) in [5.41, 5.74) is 3.09. The van der Waals surface area contributed by atoms with Gasteiger partial charge in [-0.25, -0.2) is 0 Å². The fourth-order valence-electron chi connectivity index (χ4n) is 6.22. The van der Waals surface area contributed by atoms with Gasteiger partial charge < -0.3 is 26.6 Å². The minimum absolute atomic E-state index is 0.0161. The predicted molar refractivity (Wildman–Crippen MR) is 170 cm³/mol. The second kappa shape index (κ2) is 15.2. The van der Waals surface area contributed by atoms with Crippen LogP contribution in [0.4, 0.5) is 0 Å². The molecule has 1 saturated heterocycles. The molecule has 2 aromatic rings. The quantitative estimate of drug-likeness (QED) is 0.187. The number of Topliss-reactive ketones (excluding diaryl/α,β-unsaturated/α-hetero) is 1. The molecule has 4 atom stereocenters. The minimum atomic E-state index is -1.22. The van der Waals surface area contributed by atoms with Gasteiger partial charge in [-0.1, -0.05) is 67.9 Å². The lowest BCUT2D eigenvalue weighted by molar-refractivity contribution is -0.141. The number of hydrogen-bond donors (Lipinski definition) is 5. The number of fused-ring (bicyclic) bond motifs is 1. The molecule has 0 aromatic heterocycles. The Kier molecular flexibility index (Phi) is 10.8. The Morgan fingerprint density at radius 1 is 0.804 bits per heavy atom. The zero-order chi connectivity index (χ0) is 32.6. The zero-order valence-corrected chi connectivity index (χ0v) is 26.2. The van der Waals surface area contributed by atoms with E-state index in [0.29, 0.717) is 32.2 Å². The maximum atomic E-state index is 13.8. The summed E-state index contributed by atoms with van der Waals surface area (Å²) >= 11 is 0. The first-order valence-corrected chi connectivity index (χ1v) is 16.4. The number of nitrogens with one attached hydrogen (secondary N) is 5. The summed E-state index contributed by atoms with van der Waals surface area (Å²) in [6, 6.07) is 14.0. The third-order valence-corrected chi connectivity index (χ3v) is 9.00. The molecule has 2 aromatic carbocycles. The number of rotatable bonds is 15. The standard InChI is InChI=1S/C35H43N5O6/c1-2-8-27(33(44)39-28(20-24-15-16-36-31(24)42)30(41)35(46)37-26-13-14-26)38-34(45)29(17-21-9-4-3-5-10-21)40-32(43)25-18-22-11-6-7-12-23(22)19-25/h3-7,9-12,24-29H,2,8,13-20H2,1H3,(H,36,42)(H,37,46)(H,38,45)(H,39,44)(H,40,43)/t24-,27-,28-,29+/m0/s1. The molecule has 2 aliphatic carbocycles. The van der Waals surface area contributed by atoms with E-state index in [9.17, 15) is 28.8 Å². The Morgan fingerprint density at radius 3 is 2.04 bits per heavy atom. The monoisotopic (exact) mass is 629 g/mol. The van der Waals surface area contributed by atoms with Gasteiger partial charge in [0.1, 0.15) is 12.1 Å². The van der Waals surface area contributed by atoms with Crippen molar-refractivity contribution in [2.75, 3.05) is 6.54 Å². The van der Waals surface area contributed by atoms with Gasteiger partial charge in [0.2, 0.25) is 29.4 Å². The molecule has 11 nitrogen and oxygen atoms in total. The molecule has 46 heavy (non-hydrogen) atoms. The topological polar surface area (TPSA) is 163 Å². The van der Waals surface area contributed by atoms with Crippen molar-refractivity contribution in [1.82, 2.24) is 26.6 Å². The van der Waals surface area contributed by atoms with E-state index in [0.717, 1.165) is 29.5 Å². The van der Waals surface area contributed by atoms with Gasteiger partial charge in [-0.05, 0) is 61.6 Å². The van der Waals surface area contributed by atoms with Crippen LogP contribution in [0, 0.1) is 11.8 Å². The van der Waals surface area contributed by atoms with E-state index in [2.05, 4.69) is 26.6 Å². The van der Waals surface area contributed by atoms with E-state index in [4.69, 9.17) is 0 Å². The van der Waals surface area contributed by atoms with Crippen molar-refractivity contribution in [3.05, 3.63) is 71.3 Å². The summed E-state index contributed by atoms with van der Waals surface area (Å²) in [6.07, 6.45) is 4.26.